The molecule has 48 heavy (non-hydrogen) atoms. The summed E-state index contributed by atoms with van der Waals surface area (Å²) in [6, 6.07) is 26.5. The van der Waals surface area contributed by atoms with E-state index >= 15 is 0 Å². The third kappa shape index (κ3) is 9.29. The number of nitrogens with zero attached hydrogens (tertiary/aromatic N) is 2. The van der Waals surface area contributed by atoms with Gasteiger partial charge in [-0.15, -0.1) is 0 Å². The molecule has 0 aliphatic rings. The minimum absolute atomic E-state index is 0.00767. The van der Waals surface area contributed by atoms with Crippen LogP contribution < -0.4 is 19.1 Å². The number of methoxy groups -OCH3 is 2. The smallest absolute Gasteiger partial charge is 0.264 e. The minimum atomic E-state index is -4.33. The standard InChI is InChI=1S/C37H42ClN3O6S/c1-26(2)23-39-37(43)34(21-28-10-7-6-8-11-28)40(24-29-12-9-13-31(20-29)46-4)36(42)25-41(33-22-30(38)16-19-35(33)47-5)48(44,45)32-17-14-27(3)15-18-32/h6-20,22,26,34H,21,23-25H2,1-5H3,(H,39,43). The predicted octanol–water partition coefficient (Wildman–Crippen LogP) is 6.27. The lowest BCUT2D eigenvalue weighted by Crippen LogP contribution is -2.53. The van der Waals surface area contributed by atoms with Crippen LogP contribution in [0.4, 0.5) is 5.69 Å². The second-order valence-electron chi connectivity index (χ2n) is 11.9. The van der Waals surface area contributed by atoms with Crippen LogP contribution in [-0.2, 0) is 32.6 Å². The summed E-state index contributed by atoms with van der Waals surface area (Å²) in [5.74, 6) is 0.00119. The summed E-state index contributed by atoms with van der Waals surface area (Å²) < 4.78 is 40.7. The maximum atomic E-state index is 14.7. The van der Waals surface area contributed by atoms with Crippen LogP contribution in [0.3, 0.4) is 0 Å². The summed E-state index contributed by atoms with van der Waals surface area (Å²) in [6.45, 7) is 5.59. The second-order valence-corrected chi connectivity index (χ2v) is 14.2. The van der Waals surface area contributed by atoms with Gasteiger partial charge in [0.05, 0.1) is 24.8 Å². The van der Waals surface area contributed by atoms with E-state index in [1.807, 2.05) is 57.2 Å². The zero-order valence-corrected chi connectivity index (χ0v) is 29.4. The van der Waals surface area contributed by atoms with Crippen LogP contribution in [0, 0.1) is 12.8 Å². The predicted molar refractivity (Wildman–Crippen MR) is 189 cm³/mol. The molecule has 0 aromatic heterocycles. The van der Waals surface area contributed by atoms with Crippen LogP contribution in [-0.4, -0.2) is 58.5 Å². The number of hydrogen-bond donors (Lipinski definition) is 1. The molecule has 1 N–H and O–H groups in total. The molecule has 1 unspecified atom stereocenters. The van der Waals surface area contributed by atoms with E-state index in [-0.39, 0.29) is 46.1 Å². The van der Waals surface area contributed by atoms with Crippen molar-refractivity contribution in [2.45, 2.75) is 44.7 Å². The SMILES string of the molecule is COc1cccc(CN(C(=O)CN(c2cc(Cl)ccc2OC)S(=O)(=O)c2ccc(C)cc2)C(Cc2ccccc2)C(=O)NCC(C)C)c1. The molecule has 9 nitrogen and oxygen atoms in total. The molecule has 4 rings (SSSR count). The zero-order chi connectivity index (χ0) is 34.8. The number of carbonyl (C=O) groups excluding carboxylic acids is 2. The monoisotopic (exact) mass is 691 g/mol. The lowest BCUT2D eigenvalue weighted by atomic mass is 10.0. The Balaban J connectivity index is 1.86. The third-order valence-corrected chi connectivity index (χ3v) is 9.75. The Morgan fingerprint density at radius 3 is 2.19 bits per heavy atom. The minimum Gasteiger partial charge on any atom is -0.497 e. The van der Waals surface area contributed by atoms with Crippen LogP contribution in [0.5, 0.6) is 11.5 Å². The molecule has 0 spiro atoms. The third-order valence-electron chi connectivity index (χ3n) is 7.74. The first-order chi connectivity index (χ1) is 22.9. The van der Waals surface area contributed by atoms with Gasteiger partial charge in [0.15, 0.2) is 0 Å². The molecule has 4 aromatic carbocycles. The molecule has 0 radical (unpaired) electrons. The van der Waals surface area contributed by atoms with Crippen LogP contribution >= 0.6 is 11.6 Å². The number of amides is 2. The van der Waals surface area contributed by atoms with Crippen LogP contribution in [0.2, 0.25) is 5.02 Å². The number of sulfonamides is 1. The quantitative estimate of drug-likeness (QED) is 0.158. The Morgan fingerprint density at radius 1 is 0.854 bits per heavy atom. The number of nitrogens with one attached hydrogen (secondary N) is 1. The molecule has 4 aromatic rings. The average Bonchev–Trinajstić information content (AvgIpc) is 3.08. The van der Waals surface area contributed by atoms with Crippen molar-refractivity contribution >= 4 is 39.1 Å². The molecule has 1 atom stereocenters. The Kier molecular flexibility index (Phi) is 12.5. The molecule has 0 saturated carbocycles. The number of hydrogen-bond acceptors (Lipinski definition) is 6. The van der Waals surface area contributed by atoms with Gasteiger partial charge in [-0.1, -0.05) is 85.6 Å². The summed E-state index contributed by atoms with van der Waals surface area (Å²) in [4.78, 5) is 30.1. The molecule has 2 amide bonds. The second kappa shape index (κ2) is 16.5. The van der Waals surface area contributed by atoms with Gasteiger partial charge in [-0.25, -0.2) is 8.42 Å². The van der Waals surface area contributed by atoms with Crippen LogP contribution in [0.1, 0.15) is 30.5 Å². The molecule has 0 bridgehead atoms. The number of benzene rings is 4. The number of ether oxygens (including phenoxy) is 2. The van der Waals surface area contributed by atoms with E-state index < -0.39 is 28.5 Å². The lowest BCUT2D eigenvalue weighted by molar-refractivity contribution is -0.140. The van der Waals surface area contributed by atoms with Gasteiger partial charge in [0, 0.05) is 24.5 Å². The highest BCUT2D eigenvalue weighted by molar-refractivity contribution is 7.92. The number of carbonyl (C=O) groups is 2. The van der Waals surface area contributed by atoms with E-state index in [0.717, 1.165) is 15.4 Å². The summed E-state index contributed by atoms with van der Waals surface area (Å²) in [5.41, 5.74) is 2.50. The highest BCUT2D eigenvalue weighted by Crippen LogP contribution is 2.35. The average molecular weight is 692 g/mol. The van der Waals surface area contributed by atoms with E-state index in [1.54, 1.807) is 49.6 Å². The van der Waals surface area contributed by atoms with Gasteiger partial charge in [0.2, 0.25) is 11.8 Å². The van der Waals surface area contributed by atoms with Gasteiger partial charge in [0.1, 0.15) is 24.1 Å². The first-order valence-corrected chi connectivity index (χ1v) is 17.4. The fourth-order valence-electron chi connectivity index (χ4n) is 5.15. The lowest BCUT2D eigenvalue weighted by Gasteiger charge is -2.34. The summed E-state index contributed by atoms with van der Waals surface area (Å²) in [6.07, 6.45) is 0.200. The largest absolute Gasteiger partial charge is 0.497 e. The van der Waals surface area contributed by atoms with Crippen molar-refractivity contribution in [3.05, 3.63) is 119 Å². The van der Waals surface area contributed by atoms with Crippen LogP contribution in [0.15, 0.2) is 102 Å². The van der Waals surface area contributed by atoms with Gasteiger partial charge in [-0.3, -0.25) is 13.9 Å². The first-order valence-electron chi connectivity index (χ1n) is 15.6. The number of rotatable bonds is 15. The normalized spacial score (nSPS) is 11.9. The number of anilines is 1. The fraction of sp³-hybridized carbons (Fsp3) is 0.297. The molecule has 254 valence electrons. The maximum Gasteiger partial charge on any atom is 0.264 e. The molecule has 0 aliphatic heterocycles. The fourth-order valence-corrected chi connectivity index (χ4v) is 6.74. The Bertz CT molecular complexity index is 1800. The number of halogens is 1. The van der Waals surface area contributed by atoms with Gasteiger partial charge >= 0.3 is 0 Å². The molecular weight excluding hydrogens is 650 g/mol. The van der Waals surface area contributed by atoms with E-state index in [1.165, 1.54) is 30.2 Å². The van der Waals surface area contributed by atoms with Crippen LogP contribution in [0.25, 0.3) is 0 Å². The Labute approximate surface area is 288 Å². The van der Waals surface area contributed by atoms with Crippen molar-refractivity contribution in [2.75, 3.05) is 31.6 Å². The molecule has 0 saturated heterocycles. The van der Waals surface area contributed by atoms with Crippen molar-refractivity contribution in [3.8, 4) is 11.5 Å². The van der Waals surface area contributed by atoms with Crippen molar-refractivity contribution < 1.29 is 27.5 Å². The van der Waals surface area contributed by atoms with Gasteiger partial charge in [0.25, 0.3) is 10.0 Å². The number of aryl methyl sites for hydroxylation is 1. The molecule has 11 heteroatoms. The molecular formula is C37H42ClN3O6S. The zero-order valence-electron chi connectivity index (χ0n) is 27.9. The maximum absolute atomic E-state index is 14.7. The Morgan fingerprint density at radius 2 is 1.54 bits per heavy atom. The van der Waals surface area contributed by atoms with E-state index in [4.69, 9.17) is 21.1 Å². The Hall–Kier alpha value is -4.54. The highest BCUT2D eigenvalue weighted by Gasteiger charge is 2.35. The highest BCUT2D eigenvalue weighted by atomic mass is 35.5. The van der Waals surface area contributed by atoms with Crippen molar-refractivity contribution in [1.29, 1.82) is 0 Å². The molecule has 0 fully saturated rings. The van der Waals surface area contributed by atoms with E-state index in [9.17, 15) is 18.0 Å². The van der Waals surface area contributed by atoms with E-state index in [2.05, 4.69) is 5.32 Å². The molecule has 0 aliphatic carbocycles. The summed E-state index contributed by atoms with van der Waals surface area (Å²) in [7, 11) is -1.37. The van der Waals surface area contributed by atoms with Crippen molar-refractivity contribution in [1.82, 2.24) is 10.2 Å². The molecule has 0 heterocycles. The van der Waals surface area contributed by atoms with Gasteiger partial charge in [-0.05, 0) is 66.4 Å². The first kappa shape index (κ1) is 36.3. The van der Waals surface area contributed by atoms with Gasteiger partial charge in [-0.2, -0.15) is 0 Å². The van der Waals surface area contributed by atoms with Gasteiger partial charge < -0.3 is 19.7 Å². The van der Waals surface area contributed by atoms with E-state index in [0.29, 0.717) is 17.9 Å². The van der Waals surface area contributed by atoms with Crippen molar-refractivity contribution in [3.63, 3.8) is 0 Å². The summed E-state index contributed by atoms with van der Waals surface area (Å²) in [5, 5.41) is 3.25. The summed E-state index contributed by atoms with van der Waals surface area (Å²) >= 11 is 6.38. The topological polar surface area (TPSA) is 105 Å². The van der Waals surface area contributed by atoms with Crippen molar-refractivity contribution in [2.24, 2.45) is 5.92 Å².